The van der Waals surface area contributed by atoms with E-state index in [1.807, 2.05) is 0 Å². The predicted octanol–water partition coefficient (Wildman–Crippen LogP) is 3.01. The van der Waals surface area contributed by atoms with E-state index in [2.05, 4.69) is 5.32 Å². The number of halogens is 1. The maximum absolute atomic E-state index is 13.9. The molecule has 1 fully saturated rings. The number of aryl methyl sites for hydroxylation is 2. The van der Waals surface area contributed by atoms with Gasteiger partial charge in [-0.1, -0.05) is 18.2 Å². The zero-order chi connectivity index (χ0) is 24.5. The van der Waals surface area contributed by atoms with Crippen LogP contribution in [0.2, 0.25) is 0 Å². The fourth-order valence-corrected chi connectivity index (χ4v) is 5.34. The monoisotopic (exact) mass is 490 g/mol. The van der Waals surface area contributed by atoms with E-state index in [1.165, 1.54) is 22.5 Å². The van der Waals surface area contributed by atoms with E-state index in [-0.39, 0.29) is 35.0 Å². The molecule has 11 heteroatoms. The van der Waals surface area contributed by atoms with Crippen molar-refractivity contribution in [3.63, 3.8) is 0 Å². The van der Waals surface area contributed by atoms with Gasteiger partial charge in [0.05, 0.1) is 18.1 Å². The number of ether oxygens (including phenoxy) is 2. The van der Waals surface area contributed by atoms with Crippen LogP contribution in [0.1, 0.15) is 21.7 Å². The number of morpholine rings is 1. The molecule has 0 unspecified atom stereocenters. The Kier molecular flexibility index (Phi) is 6.69. The normalized spacial score (nSPS) is 14.8. The Labute approximate surface area is 195 Å². The molecule has 0 saturated carbocycles. The molecule has 1 amide bonds. The number of furan rings is 1. The topological polar surface area (TPSA) is 115 Å². The zero-order valence-electron chi connectivity index (χ0n) is 18.6. The van der Waals surface area contributed by atoms with E-state index in [0.29, 0.717) is 29.7 Å². The van der Waals surface area contributed by atoms with Gasteiger partial charge in [0, 0.05) is 29.7 Å². The number of rotatable bonds is 6. The quantitative estimate of drug-likeness (QED) is 0.528. The summed E-state index contributed by atoms with van der Waals surface area (Å²) in [6.45, 7) is 3.74. The van der Waals surface area contributed by atoms with Crippen LogP contribution >= 0.6 is 0 Å². The first-order valence-electron chi connectivity index (χ1n) is 10.5. The van der Waals surface area contributed by atoms with Gasteiger partial charge in [0.1, 0.15) is 0 Å². The first-order valence-corrected chi connectivity index (χ1v) is 12.0. The molecule has 0 spiro atoms. The Morgan fingerprint density at radius 1 is 1.15 bits per heavy atom. The summed E-state index contributed by atoms with van der Waals surface area (Å²) in [5.41, 5.74) is 1.10. The molecular formula is C23H23FN2O7S. The van der Waals surface area contributed by atoms with Crippen LogP contribution in [0.3, 0.4) is 0 Å². The standard InChI is InChI=1S/C23H23FN2O7S/c1-14-6-7-16(12-19(14)34(29,30)26-8-10-31-11-9-26)25-20(27)13-32-23(28)21-15(2)17-4-3-5-18(24)22(17)33-21/h3-7,12H,8-11,13H2,1-2H3,(H,25,27). The van der Waals surface area contributed by atoms with Crippen molar-refractivity contribution in [1.29, 1.82) is 0 Å². The van der Waals surface area contributed by atoms with Crippen LogP contribution in [0, 0.1) is 19.7 Å². The van der Waals surface area contributed by atoms with Gasteiger partial charge in [0.15, 0.2) is 18.0 Å². The van der Waals surface area contributed by atoms with Crippen molar-refractivity contribution >= 4 is 38.6 Å². The van der Waals surface area contributed by atoms with E-state index in [1.54, 1.807) is 32.0 Å². The minimum absolute atomic E-state index is 0.0648. The third-order valence-electron chi connectivity index (χ3n) is 5.50. The largest absolute Gasteiger partial charge is 0.450 e. The number of nitrogens with zero attached hydrogens (tertiary/aromatic N) is 1. The van der Waals surface area contributed by atoms with Crippen molar-refractivity contribution < 1.29 is 36.3 Å². The second-order valence-electron chi connectivity index (χ2n) is 7.79. The van der Waals surface area contributed by atoms with Crippen LogP contribution in [0.15, 0.2) is 45.7 Å². The molecule has 1 N–H and O–H groups in total. The van der Waals surface area contributed by atoms with E-state index < -0.39 is 34.3 Å². The molecule has 2 heterocycles. The van der Waals surface area contributed by atoms with Crippen molar-refractivity contribution in [2.24, 2.45) is 0 Å². The Morgan fingerprint density at radius 3 is 2.59 bits per heavy atom. The molecule has 1 saturated heterocycles. The third kappa shape index (κ3) is 4.67. The fourth-order valence-electron chi connectivity index (χ4n) is 3.68. The van der Waals surface area contributed by atoms with Gasteiger partial charge in [-0.3, -0.25) is 4.79 Å². The highest BCUT2D eigenvalue weighted by molar-refractivity contribution is 7.89. The maximum Gasteiger partial charge on any atom is 0.375 e. The molecule has 0 aliphatic carbocycles. The first kappa shape index (κ1) is 23.9. The molecule has 0 bridgehead atoms. The van der Waals surface area contributed by atoms with Crippen LogP contribution in [0.25, 0.3) is 11.0 Å². The number of esters is 1. The van der Waals surface area contributed by atoms with Gasteiger partial charge in [-0.05, 0) is 37.6 Å². The van der Waals surface area contributed by atoms with Crippen molar-refractivity contribution in [3.8, 4) is 0 Å². The molecule has 1 aromatic heterocycles. The van der Waals surface area contributed by atoms with E-state index >= 15 is 0 Å². The number of nitrogens with one attached hydrogen (secondary N) is 1. The van der Waals surface area contributed by atoms with Gasteiger partial charge in [0.25, 0.3) is 5.91 Å². The van der Waals surface area contributed by atoms with Crippen molar-refractivity contribution in [1.82, 2.24) is 4.31 Å². The maximum atomic E-state index is 13.9. The molecule has 0 atom stereocenters. The highest BCUT2D eigenvalue weighted by Gasteiger charge is 2.28. The summed E-state index contributed by atoms with van der Waals surface area (Å²) in [5, 5.41) is 2.96. The average Bonchev–Trinajstić information content (AvgIpc) is 3.17. The Balaban J connectivity index is 1.43. The Morgan fingerprint density at radius 2 is 1.88 bits per heavy atom. The molecule has 4 rings (SSSR count). The number of anilines is 1. The number of benzene rings is 2. The molecule has 0 radical (unpaired) electrons. The zero-order valence-corrected chi connectivity index (χ0v) is 19.4. The number of para-hydroxylation sites is 1. The number of carbonyl (C=O) groups is 2. The van der Waals surface area contributed by atoms with Crippen LogP contribution in [-0.4, -0.2) is 57.5 Å². The second kappa shape index (κ2) is 9.53. The summed E-state index contributed by atoms with van der Waals surface area (Å²) in [7, 11) is -3.76. The summed E-state index contributed by atoms with van der Waals surface area (Å²) in [4.78, 5) is 24.8. The minimum Gasteiger partial charge on any atom is -0.450 e. The first-order chi connectivity index (χ1) is 16.2. The SMILES string of the molecule is Cc1ccc(NC(=O)COC(=O)c2oc3c(F)cccc3c2C)cc1S(=O)(=O)N1CCOCC1. The van der Waals surface area contributed by atoms with Crippen LogP contribution < -0.4 is 5.32 Å². The summed E-state index contributed by atoms with van der Waals surface area (Å²) in [6.07, 6.45) is 0. The van der Waals surface area contributed by atoms with Gasteiger partial charge in [0.2, 0.25) is 15.8 Å². The van der Waals surface area contributed by atoms with Gasteiger partial charge in [-0.15, -0.1) is 0 Å². The number of hydrogen-bond donors (Lipinski definition) is 1. The predicted molar refractivity (Wildman–Crippen MR) is 121 cm³/mol. The van der Waals surface area contributed by atoms with Gasteiger partial charge in [-0.2, -0.15) is 4.31 Å². The molecule has 9 nitrogen and oxygen atoms in total. The molecule has 1 aliphatic rings. The number of amides is 1. The summed E-state index contributed by atoms with van der Waals surface area (Å²) in [6, 6.07) is 8.83. The van der Waals surface area contributed by atoms with Crippen LogP contribution in [0.4, 0.5) is 10.1 Å². The van der Waals surface area contributed by atoms with Crippen molar-refractivity contribution in [2.45, 2.75) is 18.7 Å². The highest BCUT2D eigenvalue weighted by Crippen LogP contribution is 2.28. The lowest BCUT2D eigenvalue weighted by Gasteiger charge is -2.26. The summed E-state index contributed by atoms with van der Waals surface area (Å²) < 4.78 is 56.8. The lowest BCUT2D eigenvalue weighted by Crippen LogP contribution is -2.40. The van der Waals surface area contributed by atoms with E-state index in [4.69, 9.17) is 13.9 Å². The number of fused-ring (bicyclic) bond motifs is 1. The highest BCUT2D eigenvalue weighted by atomic mass is 32.2. The number of sulfonamides is 1. The summed E-state index contributed by atoms with van der Waals surface area (Å²) >= 11 is 0. The Bertz CT molecular complexity index is 1360. The van der Waals surface area contributed by atoms with E-state index in [9.17, 15) is 22.4 Å². The smallest absolute Gasteiger partial charge is 0.375 e. The molecule has 3 aromatic rings. The molecule has 180 valence electrons. The fraction of sp³-hybridized carbons (Fsp3) is 0.304. The lowest BCUT2D eigenvalue weighted by molar-refractivity contribution is -0.119. The third-order valence-corrected chi connectivity index (χ3v) is 7.54. The van der Waals surface area contributed by atoms with Crippen LogP contribution in [-0.2, 0) is 24.3 Å². The molecule has 1 aliphatic heterocycles. The number of carbonyl (C=O) groups excluding carboxylic acids is 2. The van der Waals surface area contributed by atoms with Gasteiger partial charge >= 0.3 is 5.97 Å². The summed E-state index contributed by atoms with van der Waals surface area (Å²) in [5.74, 6) is -2.39. The molecule has 2 aromatic carbocycles. The lowest BCUT2D eigenvalue weighted by atomic mass is 10.1. The molecular weight excluding hydrogens is 467 g/mol. The Hall–Kier alpha value is -3.28. The average molecular weight is 491 g/mol. The van der Waals surface area contributed by atoms with Crippen molar-refractivity contribution in [2.75, 3.05) is 38.2 Å². The number of hydrogen-bond acceptors (Lipinski definition) is 7. The second-order valence-corrected chi connectivity index (χ2v) is 9.70. The molecule has 34 heavy (non-hydrogen) atoms. The van der Waals surface area contributed by atoms with Gasteiger partial charge in [-0.25, -0.2) is 17.6 Å². The van der Waals surface area contributed by atoms with Crippen LogP contribution in [0.5, 0.6) is 0 Å². The minimum atomic E-state index is -3.76. The van der Waals surface area contributed by atoms with Crippen molar-refractivity contribution in [3.05, 3.63) is 59.1 Å². The van der Waals surface area contributed by atoms with E-state index in [0.717, 1.165) is 0 Å². The van der Waals surface area contributed by atoms with Gasteiger partial charge < -0.3 is 19.2 Å².